The van der Waals surface area contributed by atoms with Gasteiger partial charge in [0.2, 0.25) is 0 Å². The molecule has 1 aliphatic rings. The highest BCUT2D eigenvalue weighted by Crippen LogP contribution is 2.30. The van der Waals surface area contributed by atoms with Crippen molar-refractivity contribution < 1.29 is 23.9 Å². The number of aromatic amines is 2. The molecule has 3 heterocycles. The molecule has 162 valence electrons. The third-order valence-electron chi connectivity index (χ3n) is 5.81. The van der Waals surface area contributed by atoms with Crippen LogP contribution in [0, 0.1) is 13.8 Å². The summed E-state index contributed by atoms with van der Waals surface area (Å²) in [6.07, 6.45) is 0.673. The van der Waals surface area contributed by atoms with E-state index in [4.69, 9.17) is 9.47 Å². The van der Waals surface area contributed by atoms with Crippen LogP contribution in [-0.4, -0.2) is 53.0 Å². The molecule has 0 saturated heterocycles. The third kappa shape index (κ3) is 3.48. The zero-order valence-electron chi connectivity index (χ0n) is 18.0. The van der Waals surface area contributed by atoms with Gasteiger partial charge in [0.25, 0.3) is 5.91 Å². The summed E-state index contributed by atoms with van der Waals surface area (Å²) in [6.45, 7) is 6.50. The van der Waals surface area contributed by atoms with E-state index in [0.717, 1.165) is 22.2 Å². The van der Waals surface area contributed by atoms with Crippen molar-refractivity contribution >= 4 is 28.7 Å². The molecule has 8 nitrogen and oxygen atoms in total. The second kappa shape index (κ2) is 7.94. The first-order valence-electron chi connectivity index (χ1n) is 10.2. The van der Waals surface area contributed by atoms with Crippen LogP contribution in [0.2, 0.25) is 0 Å². The first-order chi connectivity index (χ1) is 14.8. The zero-order chi connectivity index (χ0) is 22.3. The Morgan fingerprint density at radius 3 is 2.61 bits per heavy atom. The summed E-state index contributed by atoms with van der Waals surface area (Å²) in [5.41, 5.74) is 5.47. The van der Waals surface area contributed by atoms with Crippen LogP contribution in [0.3, 0.4) is 0 Å². The van der Waals surface area contributed by atoms with Gasteiger partial charge >= 0.3 is 11.9 Å². The van der Waals surface area contributed by atoms with E-state index < -0.39 is 11.9 Å². The molecular formula is C23H25N3O5. The number of fused-ring (bicyclic) bond motifs is 3. The number of amides is 1. The molecule has 1 aliphatic heterocycles. The maximum atomic E-state index is 13.3. The van der Waals surface area contributed by atoms with Crippen LogP contribution in [-0.2, 0) is 22.4 Å². The predicted molar refractivity (Wildman–Crippen MR) is 114 cm³/mol. The van der Waals surface area contributed by atoms with Crippen LogP contribution in [0.5, 0.6) is 0 Å². The molecule has 0 radical (unpaired) electrons. The first kappa shape index (κ1) is 20.7. The largest absolute Gasteiger partial charge is 0.465 e. The van der Waals surface area contributed by atoms with Crippen molar-refractivity contribution in [3.05, 3.63) is 57.5 Å². The normalized spacial score (nSPS) is 13.2. The average Bonchev–Trinajstić information content (AvgIpc) is 3.28. The van der Waals surface area contributed by atoms with Gasteiger partial charge in [0.15, 0.2) is 0 Å². The van der Waals surface area contributed by atoms with Crippen molar-refractivity contribution in [2.24, 2.45) is 0 Å². The van der Waals surface area contributed by atoms with Crippen LogP contribution in [0.15, 0.2) is 18.2 Å². The van der Waals surface area contributed by atoms with Crippen molar-refractivity contribution in [3.63, 3.8) is 0 Å². The van der Waals surface area contributed by atoms with Crippen LogP contribution in [0.25, 0.3) is 10.9 Å². The Kier molecular flexibility index (Phi) is 5.31. The van der Waals surface area contributed by atoms with E-state index in [-0.39, 0.29) is 12.5 Å². The quantitative estimate of drug-likeness (QED) is 0.627. The number of methoxy groups -OCH3 is 1. The van der Waals surface area contributed by atoms with Crippen molar-refractivity contribution in [2.45, 2.75) is 33.7 Å². The number of rotatable bonds is 4. The minimum absolute atomic E-state index is 0.166. The average molecular weight is 423 g/mol. The first-order valence-corrected chi connectivity index (χ1v) is 10.2. The number of aryl methyl sites for hydroxylation is 1. The molecule has 1 amide bonds. The lowest BCUT2D eigenvalue weighted by Crippen LogP contribution is -2.36. The lowest BCUT2D eigenvalue weighted by Gasteiger charge is -2.27. The fraction of sp³-hybridized carbons (Fsp3) is 0.348. The van der Waals surface area contributed by atoms with Crippen LogP contribution in [0.4, 0.5) is 0 Å². The molecular weight excluding hydrogens is 398 g/mol. The fourth-order valence-electron chi connectivity index (χ4n) is 4.26. The lowest BCUT2D eigenvalue weighted by molar-refractivity contribution is 0.0524. The van der Waals surface area contributed by atoms with Gasteiger partial charge in [-0.05, 0) is 44.5 Å². The van der Waals surface area contributed by atoms with E-state index in [1.807, 2.05) is 6.07 Å². The number of ether oxygens (including phenoxy) is 2. The molecule has 31 heavy (non-hydrogen) atoms. The summed E-state index contributed by atoms with van der Waals surface area (Å²) >= 11 is 0. The molecule has 2 aromatic heterocycles. The standard InChI is InChI=1S/C23H25N3O5/c1-5-31-23(29)19-12(2)20(24-13(19)3)21(27)26-9-8-18-16(11-26)15-10-14(22(28)30-4)6-7-17(15)25-18/h6-7,10,24-25H,5,8-9,11H2,1-4H3. The van der Waals surface area contributed by atoms with Gasteiger partial charge in [-0.3, -0.25) is 4.79 Å². The molecule has 3 aromatic rings. The van der Waals surface area contributed by atoms with Gasteiger partial charge in [0.05, 0.1) is 24.8 Å². The summed E-state index contributed by atoms with van der Waals surface area (Å²) in [5.74, 6) is -0.995. The molecule has 4 rings (SSSR count). The maximum Gasteiger partial charge on any atom is 0.340 e. The van der Waals surface area contributed by atoms with E-state index in [9.17, 15) is 14.4 Å². The number of aromatic nitrogens is 2. The smallest absolute Gasteiger partial charge is 0.340 e. The number of H-pyrrole nitrogens is 2. The second-order valence-corrected chi connectivity index (χ2v) is 7.66. The highest BCUT2D eigenvalue weighted by atomic mass is 16.5. The third-order valence-corrected chi connectivity index (χ3v) is 5.81. The molecule has 0 unspecified atom stereocenters. The topological polar surface area (TPSA) is 104 Å². The van der Waals surface area contributed by atoms with Gasteiger partial charge in [-0.25, -0.2) is 9.59 Å². The molecule has 1 aromatic carbocycles. The Hall–Kier alpha value is -3.55. The highest BCUT2D eigenvalue weighted by Gasteiger charge is 2.29. The van der Waals surface area contributed by atoms with E-state index >= 15 is 0 Å². The number of carbonyl (C=O) groups excluding carboxylic acids is 3. The molecule has 0 aliphatic carbocycles. The molecule has 0 fully saturated rings. The van der Waals surface area contributed by atoms with Crippen molar-refractivity contribution in [2.75, 3.05) is 20.3 Å². The predicted octanol–water partition coefficient (Wildman–Crippen LogP) is 3.27. The summed E-state index contributed by atoms with van der Waals surface area (Å²) in [5, 5.41) is 0.905. The Balaban J connectivity index is 1.66. The number of esters is 2. The number of hydrogen-bond acceptors (Lipinski definition) is 5. The number of hydrogen-bond donors (Lipinski definition) is 2. The Morgan fingerprint density at radius 2 is 1.90 bits per heavy atom. The fourth-order valence-corrected chi connectivity index (χ4v) is 4.26. The van der Waals surface area contributed by atoms with E-state index in [2.05, 4.69) is 9.97 Å². The lowest BCUT2D eigenvalue weighted by atomic mass is 10.0. The van der Waals surface area contributed by atoms with E-state index in [0.29, 0.717) is 47.6 Å². The highest BCUT2D eigenvalue weighted by molar-refractivity contribution is 6.01. The minimum Gasteiger partial charge on any atom is -0.465 e. The number of nitrogens with zero attached hydrogens (tertiary/aromatic N) is 1. The summed E-state index contributed by atoms with van der Waals surface area (Å²) < 4.78 is 9.96. The SMILES string of the molecule is CCOC(=O)c1c(C)[nH]c(C(=O)N2CCc3[nH]c4ccc(C(=O)OC)cc4c3C2)c1C. The number of benzene rings is 1. The molecule has 0 spiro atoms. The van der Waals surface area contributed by atoms with Crippen LogP contribution < -0.4 is 0 Å². The van der Waals surface area contributed by atoms with Gasteiger partial charge in [-0.2, -0.15) is 0 Å². The molecule has 0 bridgehead atoms. The van der Waals surface area contributed by atoms with Gasteiger partial charge in [-0.1, -0.05) is 0 Å². The minimum atomic E-state index is -0.430. The van der Waals surface area contributed by atoms with Crippen molar-refractivity contribution in [1.29, 1.82) is 0 Å². The van der Waals surface area contributed by atoms with Gasteiger partial charge in [0.1, 0.15) is 5.69 Å². The Bertz CT molecular complexity index is 1200. The Morgan fingerprint density at radius 1 is 1.13 bits per heavy atom. The van der Waals surface area contributed by atoms with E-state index in [1.165, 1.54) is 7.11 Å². The van der Waals surface area contributed by atoms with Crippen molar-refractivity contribution in [1.82, 2.24) is 14.9 Å². The maximum absolute atomic E-state index is 13.3. The van der Waals surface area contributed by atoms with Gasteiger partial charge < -0.3 is 24.3 Å². The Labute approximate surface area is 179 Å². The summed E-state index contributed by atoms with van der Waals surface area (Å²) in [7, 11) is 1.35. The van der Waals surface area contributed by atoms with Crippen LogP contribution in [0.1, 0.15) is 60.6 Å². The van der Waals surface area contributed by atoms with Crippen molar-refractivity contribution in [3.8, 4) is 0 Å². The van der Waals surface area contributed by atoms with Gasteiger partial charge in [0, 0.05) is 47.4 Å². The number of nitrogens with one attached hydrogen (secondary N) is 2. The number of carbonyl (C=O) groups is 3. The molecule has 2 N–H and O–H groups in total. The van der Waals surface area contributed by atoms with Gasteiger partial charge in [-0.15, -0.1) is 0 Å². The molecule has 0 saturated carbocycles. The zero-order valence-corrected chi connectivity index (χ0v) is 18.0. The van der Waals surface area contributed by atoms with E-state index in [1.54, 1.807) is 37.8 Å². The van der Waals surface area contributed by atoms with Crippen LogP contribution >= 0.6 is 0 Å². The summed E-state index contributed by atoms with van der Waals surface area (Å²) in [4.78, 5) is 45.8. The molecule has 8 heteroatoms. The monoisotopic (exact) mass is 423 g/mol. The molecule has 0 atom stereocenters. The second-order valence-electron chi connectivity index (χ2n) is 7.66. The summed E-state index contributed by atoms with van der Waals surface area (Å²) in [6, 6.07) is 5.38.